The lowest BCUT2D eigenvalue weighted by Gasteiger charge is -2.09. The topological polar surface area (TPSA) is 85.3 Å². The van der Waals surface area contributed by atoms with Gasteiger partial charge in [-0.3, -0.25) is 9.20 Å². The zero-order valence-corrected chi connectivity index (χ0v) is 16.4. The van der Waals surface area contributed by atoms with Gasteiger partial charge in [-0.15, -0.1) is 0 Å². The number of pyridine rings is 1. The highest BCUT2D eigenvalue weighted by molar-refractivity contribution is 6.04. The van der Waals surface area contributed by atoms with E-state index in [4.69, 9.17) is 4.52 Å². The second-order valence-electron chi connectivity index (χ2n) is 6.99. The number of anilines is 1. The Morgan fingerprint density at radius 3 is 2.71 bits per heavy atom. The Kier molecular flexibility index (Phi) is 4.51. The average molecular weight is 413 g/mol. The van der Waals surface area contributed by atoms with Crippen LogP contribution in [0.25, 0.3) is 28.5 Å². The maximum Gasteiger partial charge on any atom is 0.274 e. The number of hydrogen-bond donors (Lipinski definition) is 1. The minimum absolute atomic E-state index is 0.281. The second kappa shape index (κ2) is 7.49. The Hall–Kier alpha value is -4.33. The molecule has 0 unspecified atom stereocenters. The molecule has 2 aromatic carbocycles. The lowest BCUT2D eigenvalue weighted by atomic mass is 10.1. The average Bonchev–Trinajstić information content (AvgIpc) is 3.43. The largest absolute Gasteiger partial charge is 0.334 e. The van der Waals surface area contributed by atoms with Crippen LogP contribution in [0, 0.1) is 12.7 Å². The van der Waals surface area contributed by atoms with E-state index in [-0.39, 0.29) is 11.7 Å². The minimum atomic E-state index is -0.336. The normalized spacial score (nSPS) is 11.0. The molecule has 8 heteroatoms. The molecule has 7 nitrogen and oxygen atoms in total. The third kappa shape index (κ3) is 3.55. The summed E-state index contributed by atoms with van der Waals surface area (Å²) in [5.74, 6) is 0.0327. The van der Waals surface area contributed by atoms with E-state index >= 15 is 0 Å². The number of nitrogens with one attached hydrogen (secondary N) is 1. The Morgan fingerprint density at radius 2 is 1.87 bits per heavy atom. The molecule has 0 aliphatic heterocycles. The van der Waals surface area contributed by atoms with Crippen molar-refractivity contribution in [1.29, 1.82) is 0 Å². The van der Waals surface area contributed by atoms with Gasteiger partial charge in [-0.2, -0.15) is 4.98 Å². The van der Waals surface area contributed by atoms with Crippen molar-refractivity contribution in [2.24, 2.45) is 0 Å². The van der Waals surface area contributed by atoms with E-state index in [1.807, 2.05) is 37.3 Å². The number of benzene rings is 2. The summed E-state index contributed by atoms with van der Waals surface area (Å²) in [5, 5.41) is 6.90. The number of aromatic nitrogens is 4. The van der Waals surface area contributed by atoms with Gasteiger partial charge in [0.2, 0.25) is 5.82 Å². The van der Waals surface area contributed by atoms with Crippen molar-refractivity contribution in [2.75, 3.05) is 5.32 Å². The van der Waals surface area contributed by atoms with Crippen LogP contribution in [0.4, 0.5) is 10.1 Å². The monoisotopic (exact) mass is 413 g/mol. The molecule has 0 aliphatic carbocycles. The van der Waals surface area contributed by atoms with Crippen molar-refractivity contribution < 1.29 is 13.7 Å². The van der Waals surface area contributed by atoms with E-state index in [1.165, 1.54) is 18.3 Å². The first-order chi connectivity index (χ1) is 15.1. The van der Waals surface area contributed by atoms with Gasteiger partial charge in [0.05, 0.1) is 6.20 Å². The van der Waals surface area contributed by atoms with Gasteiger partial charge in [0, 0.05) is 23.0 Å². The first kappa shape index (κ1) is 18.7. The standard InChI is InChI=1S/C23H16FN5O2/c1-14-5-6-16(23-27-21(28-31-23)15-7-9-17(24)10-8-15)12-18(14)26-22(30)19-13-25-20-4-2-3-11-29(19)20/h2-13H,1H3,(H,26,30). The Morgan fingerprint density at radius 1 is 1.06 bits per heavy atom. The molecule has 0 atom stereocenters. The molecule has 5 aromatic rings. The molecule has 0 spiro atoms. The minimum Gasteiger partial charge on any atom is -0.334 e. The summed E-state index contributed by atoms with van der Waals surface area (Å²) < 4.78 is 20.3. The van der Waals surface area contributed by atoms with Gasteiger partial charge < -0.3 is 9.84 Å². The fraction of sp³-hybridized carbons (Fsp3) is 0.0435. The van der Waals surface area contributed by atoms with Crippen LogP contribution >= 0.6 is 0 Å². The Labute approximate surface area is 176 Å². The Bertz CT molecular complexity index is 1410. The van der Waals surface area contributed by atoms with Gasteiger partial charge in [-0.1, -0.05) is 17.3 Å². The molecule has 3 heterocycles. The van der Waals surface area contributed by atoms with Gasteiger partial charge in [0.25, 0.3) is 11.8 Å². The van der Waals surface area contributed by atoms with Crippen molar-refractivity contribution in [3.63, 3.8) is 0 Å². The highest BCUT2D eigenvalue weighted by Crippen LogP contribution is 2.27. The summed E-state index contributed by atoms with van der Waals surface area (Å²) in [6.07, 6.45) is 3.33. The lowest BCUT2D eigenvalue weighted by Crippen LogP contribution is -2.15. The molecule has 152 valence electrons. The summed E-state index contributed by atoms with van der Waals surface area (Å²) in [5.41, 5.74) is 3.91. The molecule has 31 heavy (non-hydrogen) atoms. The number of nitrogens with zero attached hydrogens (tertiary/aromatic N) is 4. The molecular formula is C23H16FN5O2. The SMILES string of the molecule is Cc1ccc(-c2nc(-c3ccc(F)cc3)no2)cc1NC(=O)c1cnc2ccccn12. The number of aryl methyl sites for hydroxylation is 1. The fourth-order valence-electron chi connectivity index (χ4n) is 3.23. The van der Waals surface area contributed by atoms with Gasteiger partial charge in [-0.25, -0.2) is 9.37 Å². The summed E-state index contributed by atoms with van der Waals surface area (Å²) >= 11 is 0. The number of carbonyl (C=O) groups is 1. The van der Waals surface area contributed by atoms with Crippen LogP contribution < -0.4 is 5.32 Å². The van der Waals surface area contributed by atoms with Crippen molar-refractivity contribution in [3.8, 4) is 22.8 Å². The summed E-state index contributed by atoms with van der Waals surface area (Å²) in [6.45, 7) is 1.89. The molecule has 0 saturated heterocycles. The third-order valence-electron chi connectivity index (χ3n) is 4.91. The zero-order chi connectivity index (χ0) is 21.4. The Balaban J connectivity index is 1.43. The number of hydrogen-bond acceptors (Lipinski definition) is 5. The highest BCUT2D eigenvalue weighted by Gasteiger charge is 2.16. The second-order valence-corrected chi connectivity index (χ2v) is 6.99. The number of imidazole rings is 1. The summed E-state index contributed by atoms with van der Waals surface area (Å²) in [6, 6.07) is 16.9. The highest BCUT2D eigenvalue weighted by atomic mass is 19.1. The smallest absolute Gasteiger partial charge is 0.274 e. The molecular weight excluding hydrogens is 397 g/mol. The van der Waals surface area contributed by atoms with Crippen LogP contribution in [0.15, 0.2) is 77.6 Å². The number of halogens is 1. The first-order valence-corrected chi connectivity index (χ1v) is 9.52. The molecule has 1 amide bonds. The fourth-order valence-corrected chi connectivity index (χ4v) is 3.23. The van der Waals surface area contributed by atoms with E-state index in [9.17, 15) is 9.18 Å². The third-order valence-corrected chi connectivity index (χ3v) is 4.91. The van der Waals surface area contributed by atoms with Gasteiger partial charge >= 0.3 is 0 Å². The number of rotatable bonds is 4. The quantitative estimate of drug-likeness (QED) is 0.460. The predicted octanol–water partition coefficient (Wildman–Crippen LogP) is 4.75. The number of carbonyl (C=O) groups excluding carboxylic acids is 1. The van der Waals surface area contributed by atoms with Crippen LogP contribution in [0.1, 0.15) is 16.1 Å². The molecule has 0 aliphatic rings. The first-order valence-electron chi connectivity index (χ1n) is 9.52. The van der Waals surface area contributed by atoms with E-state index < -0.39 is 0 Å². The van der Waals surface area contributed by atoms with Crippen LogP contribution in [0.5, 0.6) is 0 Å². The maximum atomic E-state index is 13.1. The molecule has 3 aromatic heterocycles. The predicted molar refractivity (Wildman–Crippen MR) is 113 cm³/mol. The molecule has 1 N–H and O–H groups in total. The van der Waals surface area contributed by atoms with Crippen molar-refractivity contribution in [3.05, 3.63) is 90.1 Å². The summed E-state index contributed by atoms with van der Waals surface area (Å²) in [7, 11) is 0. The van der Waals surface area contributed by atoms with Crippen LogP contribution in [0.2, 0.25) is 0 Å². The van der Waals surface area contributed by atoms with Gasteiger partial charge in [0.1, 0.15) is 17.2 Å². The zero-order valence-electron chi connectivity index (χ0n) is 16.4. The van der Waals surface area contributed by atoms with Crippen molar-refractivity contribution >= 4 is 17.2 Å². The number of fused-ring (bicyclic) bond motifs is 1. The molecule has 0 saturated carbocycles. The van der Waals surface area contributed by atoms with E-state index in [2.05, 4.69) is 20.4 Å². The van der Waals surface area contributed by atoms with Gasteiger partial charge in [-0.05, 0) is 61.0 Å². The van der Waals surface area contributed by atoms with Crippen LogP contribution in [-0.4, -0.2) is 25.4 Å². The molecule has 0 fully saturated rings. The maximum absolute atomic E-state index is 13.1. The molecule has 5 rings (SSSR count). The summed E-state index contributed by atoms with van der Waals surface area (Å²) in [4.78, 5) is 21.5. The van der Waals surface area contributed by atoms with E-state index in [0.29, 0.717) is 39.9 Å². The molecule has 0 bridgehead atoms. The molecule has 0 radical (unpaired) electrons. The lowest BCUT2D eigenvalue weighted by molar-refractivity contribution is 0.102. The van der Waals surface area contributed by atoms with E-state index in [1.54, 1.807) is 28.8 Å². The van der Waals surface area contributed by atoms with Crippen LogP contribution in [-0.2, 0) is 0 Å². The van der Waals surface area contributed by atoms with Crippen molar-refractivity contribution in [1.82, 2.24) is 19.5 Å². The number of amides is 1. The van der Waals surface area contributed by atoms with Gasteiger partial charge in [0.15, 0.2) is 0 Å². The van der Waals surface area contributed by atoms with E-state index in [0.717, 1.165) is 5.56 Å². The van der Waals surface area contributed by atoms with Crippen molar-refractivity contribution in [2.45, 2.75) is 6.92 Å². The van der Waals surface area contributed by atoms with Crippen LogP contribution in [0.3, 0.4) is 0 Å².